The normalized spacial score (nSPS) is 15.2. The van der Waals surface area contributed by atoms with E-state index in [0.29, 0.717) is 15.6 Å². The number of pyridine rings is 1. The molecule has 1 aromatic heterocycles. The molecule has 1 aliphatic rings. The van der Waals surface area contributed by atoms with Gasteiger partial charge in [-0.2, -0.15) is 10.2 Å². The summed E-state index contributed by atoms with van der Waals surface area (Å²) in [5.41, 5.74) is 7.88. The third-order valence-corrected chi connectivity index (χ3v) is 6.31. The maximum absolute atomic E-state index is 12.1. The van der Waals surface area contributed by atoms with Gasteiger partial charge in [0, 0.05) is 28.9 Å². The molecule has 1 unspecified atom stereocenters. The fourth-order valence-electron chi connectivity index (χ4n) is 3.95. The third-order valence-electron chi connectivity index (χ3n) is 5.80. The van der Waals surface area contributed by atoms with E-state index in [2.05, 4.69) is 15.5 Å². The third kappa shape index (κ3) is 5.46. The largest absolute Gasteiger partial charge is 0.272 e. The first-order chi connectivity index (χ1) is 17.6. The maximum Gasteiger partial charge on any atom is 0.272 e. The van der Waals surface area contributed by atoms with Crippen molar-refractivity contribution in [3.63, 3.8) is 0 Å². The number of nitrogens with one attached hydrogen (secondary N) is 1. The van der Waals surface area contributed by atoms with Crippen LogP contribution in [0.4, 0.5) is 5.69 Å². The minimum atomic E-state index is -0.317. The summed E-state index contributed by atoms with van der Waals surface area (Å²) in [6, 6.07) is 26.8. The van der Waals surface area contributed by atoms with Crippen LogP contribution in [-0.2, 0) is 0 Å². The second-order valence-electron chi connectivity index (χ2n) is 8.20. The molecule has 0 aliphatic carbocycles. The second kappa shape index (κ2) is 10.7. The van der Waals surface area contributed by atoms with Crippen molar-refractivity contribution in [3.05, 3.63) is 130 Å². The predicted molar refractivity (Wildman–Crippen MR) is 145 cm³/mol. The van der Waals surface area contributed by atoms with E-state index in [1.807, 2.05) is 77.8 Å². The molecule has 0 spiro atoms. The Hall–Kier alpha value is -4.00. The lowest BCUT2D eigenvalue weighted by Crippen LogP contribution is -2.18. The number of carbonyl (C=O) groups excluding carboxylic acids is 1. The minimum absolute atomic E-state index is 0.0197. The van der Waals surface area contributed by atoms with Crippen molar-refractivity contribution in [2.75, 3.05) is 5.01 Å². The molecule has 0 bridgehead atoms. The van der Waals surface area contributed by atoms with E-state index in [1.54, 1.807) is 24.5 Å². The zero-order valence-corrected chi connectivity index (χ0v) is 20.6. The van der Waals surface area contributed by atoms with Crippen LogP contribution in [0, 0.1) is 0 Å². The molecule has 6 nitrogen and oxygen atoms in total. The van der Waals surface area contributed by atoms with Gasteiger partial charge in [-0.25, -0.2) is 5.43 Å². The van der Waals surface area contributed by atoms with Crippen LogP contribution < -0.4 is 10.4 Å². The van der Waals surface area contributed by atoms with Gasteiger partial charge in [0.25, 0.3) is 5.91 Å². The molecule has 3 aromatic carbocycles. The second-order valence-corrected chi connectivity index (χ2v) is 9.07. The molecule has 0 radical (unpaired) electrons. The topological polar surface area (TPSA) is 70.0 Å². The predicted octanol–water partition coefficient (Wildman–Crippen LogP) is 6.51. The zero-order valence-electron chi connectivity index (χ0n) is 19.1. The molecular formula is C28H21Cl2N5O. The van der Waals surface area contributed by atoms with Crippen molar-refractivity contribution in [3.8, 4) is 0 Å². The van der Waals surface area contributed by atoms with E-state index in [0.717, 1.165) is 34.5 Å². The van der Waals surface area contributed by atoms with E-state index >= 15 is 0 Å². The number of aromatic nitrogens is 1. The molecule has 5 rings (SSSR count). The number of nitrogens with zero attached hydrogens (tertiary/aromatic N) is 4. The molecule has 4 aromatic rings. The summed E-state index contributed by atoms with van der Waals surface area (Å²) in [7, 11) is 0. The number of rotatable bonds is 6. The monoisotopic (exact) mass is 513 g/mol. The molecule has 0 saturated carbocycles. The molecule has 178 valence electrons. The Kier molecular flexibility index (Phi) is 7.07. The molecule has 2 heterocycles. The number of halogens is 2. The SMILES string of the molecule is O=C(N/N=C/c1ccc(N2N=C(c3ccc(Cl)cc3)CC2c2ccc(Cl)cc2)cc1)c1cccnc1. The Bertz CT molecular complexity index is 1400. The Labute approximate surface area is 218 Å². The summed E-state index contributed by atoms with van der Waals surface area (Å²) in [4.78, 5) is 16.1. The van der Waals surface area contributed by atoms with Crippen molar-refractivity contribution < 1.29 is 4.79 Å². The highest BCUT2D eigenvalue weighted by molar-refractivity contribution is 6.31. The first kappa shape index (κ1) is 23.7. The number of amides is 1. The average Bonchev–Trinajstić information content (AvgIpc) is 3.36. The number of hydrogen-bond donors (Lipinski definition) is 1. The van der Waals surface area contributed by atoms with Crippen molar-refractivity contribution in [2.45, 2.75) is 12.5 Å². The Morgan fingerprint density at radius 3 is 2.31 bits per heavy atom. The molecule has 0 saturated heterocycles. The molecule has 1 atom stereocenters. The fourth-order valence-corrected chi connectivity index (χ4v) is 4.20. The van der Waals surface area contributed by atoms with Gasteiger partial charge < -0.3 is 0 Å². The summed E-state index contributed by atoms with van der Waals surface area (Å²) >= 11 is 12.2. The summed E-state index contributed by atoms with van der Waals surface area (Å²) in [5, 5.41) is 12.4. The van der Waals surface area contributed by atoms with Crippen molar-refractivity contribution >= 4 is 46.7 Å². The smallest absolute Gasteiger partial charge is 0.267 e. The van der Waals surface area contributed by atoms with E-state index < -0.39 is 0 Å². The highest BCUT2D eigenvalue weighted by atomic mass is 35.5. The molecular weight excluding hydrogens is 493 g/mol. The highest BCUT2D eigenvalue weighted by Gasteiger charge is 2.29. The van der Waals surface area contributed by atoms with Gasteiger partial charge in [-0.05, 0) is 65.2 Å². The van der Waals surface area contributed by atoms with Gasteiger partial charge in [0.15, 0.2) is 0 Å². The summed E-state index contributed by atoms with van der Waals surface area (Å²) in [5.74, 6) is -0.317. The first-order valence-electron chi connectivity index (χ1n) is 11.3. The lowest BCUT2D eigenvalue weighted by molar-refractivity contribution is 0.0955. The standard InChI is InChI=1S/C28H21Cl2N5O/c29-23-9-5-20(6-10-23)26-16-27(21-7-11-24(30)12-8-21)35(34-26)25-13-3-19(4-14-25)17-32-33-28(36)22-2-1-15-31-18-22/h1-15,17-18,27H,16H2,(H,33,36)/b32-17+. The van der Waals surface area contributed by atoms with Crippen molar-refractivity contribution in [2.24, 2.45) is 10.2 Å². The van der Waals surface area contributed by atoms with Crippen LogP contribution >= 0.6 is 23.2 Å². The average molecular weight is 514 g/mol. The van der Waals surface area contributed by atoms with Crippen LogP contribution in [0.1, 0.15) is 39.5 Å². The molecule has 1 amide bonds. The first-order valence-corrected chi connectivity index (χ1v) is 12.0. The molecule has 36 heavy (non-hydrogen) atoms. The van der Waals surface area contributed by atoms with Gasteiger partial charge in [-0.3, -0.25) is 14.8 Å². The Morgan fingerprint density at radius 2 is 1.64 bits per heavy atom. The van der Waals surface area contributed by atoms with E-state index in [9.17, 15) is 4.79 Å². The number of hydrazone groups is 2. The van der Waals surface area contributed by atoms with Crippen molar-refractivity contribution in [1.82, 2.24) is 10.4 Å². The van der Waals surface area contributed by atoms with E-state index in [1.165, 1.54) is 6.20 Å². The number of benzene rings is 3. The van der Waals surface area contributed by atoms with Crippen LogP contribution in [0.3, 0.4) is 0 Å². The number of anilines is 1. The van der Waals surface area contributed by atoms with Crippen LogP contribution in [0.15, 0.2) is 108 Å². The van der Waals surface area contributed by atoms with Crippen LogP contribution in [-0.4, -0.2) is 22.8 Å². The van der Waals surface area contributed by atoms with Gasteiger partial charge in [-0.15, -0.1) is 0 Å². The number of hydrogen-bond acceptors (Lipinski definition) is 5. The summed E-state index contributed by atoms with van der Waals surface area (Å²) in [6.45, 7) is 0. The van der Waals surface area contributed by atoms with Gasteiger partial charge in [0.05, 0.1) is 29.2 Å². The van der Waals surface area contributed by atoms with E-state index in [-0.39, 0.29) is 11.9 Å². The van der Waals surface area contributed by atoms with Gasteiger partial charge in [0.1, 0.15) is 0 Å². The summed E-state index contributed by atoms with van der Waals surface area (Å²) < 4.78 is 0. The van der Waals surface area contributed by atoms with Crippen molar-refractivity contribution in [1.29, 1.82) is 0 Å². The quantitative estimate of drug-likeness (QED) is 0.236. The lowest BCUT2D eigenvalue weighted by Gasteiger charge is -2.24. The minimum Gasteiger partial charge on any atom is -0.267 e. The number of carbonyl (C=O) groups is 1. The van der Waals surface area contributed by atoms with Crippen LogP contribution in [0.5, 0.6) is 0 Å². The molecule has 0 fully saturated rings. The molecule has 1 N–H and O–H groups in total. The summed E-state index contributed by atoms with van der Waals surface area (Å²) in [6.07, 6.45) is 5.45. The van der Waals surface area contributed by atoms with Crippen LogP contribution in [0.2, 0.25) is 10.0 Å². The fraction of sp³-hybridized carbons (Fsp3) is 0.0714. The van der Waals surface area contributed by atoms with Gasteiger partial charge >= 0.3 is 0 Å². The van der Waals surface area contributed by atoms with Gasteiger partial charge in [0.2, 0.25) is 0 Å². The molecule has 8 heteroatoms. The maximum atomic E-state index is 12.1. The Morgan fingerprint density at radius 1 is 0.944 bits per heavy atom. The highest BCUT2D eigenvalue weighted by Crippen LogP contribution is 2.37. The van der Waals surface area contributed by atoms with E-state index in [4.69, 9.17) is 28.3 Å². The van der Waals surface area contributed by atoms with Gasteiger partial charge in [-0.1, -0.05) is 59.6 Å². The van der Waals surface area contributed by atoms with Crippen LogP contribution in [0.25, 0.3) is 0 Å². The molecule has 1 aliphatic heterocycles. The lowest BCUT2D eigenvalue weighted by atomic mass is 9.98. The zero-order chi connectivity index (χ0) is 24.9. The Balaban J connectivity index is 1.36.